The van der Waals surface area contributed by atoms with Gasteiger partial charge in [-0.3, -0.25) is 0 Å². The summed E-state index contributed by atoms with van der Waals surface area (Å²) in [5.74, 6) is 0.684. The summed E-state index contributed by atoms with van der Waals surface area (Å²) in [5, 5.41) is 3.31. The van der Waals surface area contributed by atoms with Crippen LogP contribution in [0.1, 0.15) is 0 Å². The fraction of sp³-hybridized carbons (Fsp3) is 0. The number of nitrogens with zero attached hydrogens (tertiary/aromatic N) is 3. The van der Waals surface area contributed by atoms with E-state index in [-0.39, 0.29) is 0 Å². The molecule has 38 heavy (non-hydrogen) atoms. The van der Waals surface area contributed by atoms with Crippen molar-refractivity contribution in [3.63, 3.8) is 0 Å². The number of furan rings is 1. The molecule has 0 radical (unpaired) electrons. The SMILES string of the molecule is c1ccc(-c2nc(-c3ccccc3)c3oc4cc5c6ccccc6n(-c6ccccc6)c5cc4c3n2)cc1. The van der Waals surface area contributed by atoms with Crippen LogP contribution in [0.4, 0.5) is 0 Å². The number of para-hydroxylation sites is 2. The van der Waals surface area contributed by atoms with E-state index in [0.717, 1.165) is 55.4 Å². The predicted octanol–water partition coefficient (Wildman–Crippen LogP) is 8.81. The number of benzene rings is 5. The molecule has 4 heteroatoms. The van der Waals surface area contributed by atoms with E-state index in [0.29, 0.717) is 11.4 Å². The first kappa shape index (κ1) is 20.9. The second kappa shape index (κ2) is 8.15. The van der Waals surface area contributed by atoms with E-state index < -0.39 is 0 Å². The number of hydrogen-bond donors (Lipinski definition) is 0. The summed E-state index contributed by atoms with van der Waals surface area (Å²) in [7, 11) is 0. The molecule has 0 spiro atoms. The van der Waals surface area contributed by atoms with Crippen LogP contribution in [0.5, 0.6) is 0 Å². The zero-order chi connectivity index (χ0) is 25.1. The van der Waals surface area contributed by atoms with Crippen molar-refractivity contribution in [1.82, 2.24) is 14.5 Å². The van der Waals surface area contributed by atoms with Crippen molar-refractivity contribution >= 4 is 43.9 Å². The van der Waals surface area contributed by atoms with Crippen LogP contribution in [-0.2, 0) is 0 Å². The van der Waals surface area contributed by atoms with Crippen LogP contribution in [0.15, 0.2) is 132 Å². The molecule has 8 aromatic rings. The van der Waals surface area contributed by atoms with Gasteiger partial charge in [-0.2, -0.15) is 0 Å². The maximum Gasteiger partial charge on any atom is 0.180 e. The van der Waals surface area contributed by atoms with Crippen molar-refractivity contribution in [2.24, 2.45) is 0 Å². The average molecular weight is 488 g/mol. The fourth-order valence-corrected chi connectivity index (χ4v) is 5.47. The highest BCUT2D eigenvalue weighted by Gasteiger charge is 2.21. The molecular weight excluding hydrogens is 466 g/mol. The Kier molecular flexibility index (Phi) is 4.49. The van der Waals surface area contributed by atoms with E-state index in [2.05, 4.69) is 77.4 Å². The minimum absolute atomic E-state index is 0.684. The van der Waals surface area contributed by atoms with Crippen molar-refractivity contribution in [1.29, 1.82) is 0 Å². The summed E-state index contributed by atoms with van der Waals surface area (Å²) >= 11 is 0. The third-order valence-corrected chi connectivity index (χ3v) is 7.20. The summed E-state index contributed by atoms with van der Waals surface area (Å²) in [6.07, 6.45) is 0. The lowest BCUT2D eigenvalue weighted by Gasteiger charge is -2.07. The Morgan fingerprint density at radius 2 is 1.18 bits per heavy atom. The van der Waals surface area contributed by atoms with Crippen LogP contribution in [0.25, 0.3) is 72.2 Å². The number of aromatic nitrogens is 3. The van der Waals surface area contributed by atoms with E-state index in [1.54, 1.807) is 0 Å². The van der Waals surface area contributed by atoms with E-state index >= 15 is 0 Å². The van der Waals surface area contributed by atoms with Gasteiger partial charge in [0.2, 0.25) is 0 Å². The van der Waals surface area contributed by atoms with Crippen LogP contribution >= 0.6 is 0 Å². The Hall–Kier alpha value is -5.22. The minimum Gasteiger partial charge on any atom is -0.452 e. The quantitative estimate of drug-likeness (QED) is 0.250. The topological polar surface area (TPSA) is 43.9 Å². The molecule has 5 aromatic carbocycles. The first-order valence-electron chi connectivity index (χ1n) is 12.7. The zero-order valence-corrected chi connectivity index (χ0v) is 20.4. The molecule has 0 saturated carbocycles. The van der Waals surface area contributed by atoms with E-state index in [9.17, 15) is 0 Å². The van der Waals surface area contributed by atoms with E-state index in [4.69, 9.17) is 14.4 Å². The van der Waals surface area contributed by atoms with Crippen molar-refractivity contribution in [2.45, 2.75) is 0 Å². The van der Waals surface area contributed by atoms with Gasteiger partial charge in [-0.05, 0) is 30.3 Å². The lowest BCUT2D eigenvalue weighted by Crippen LogP contribution is -1.94. The monoisotopic (exact) mass is 487 g/mol. The van der Waals surface area contributed by atoms with Crippen LogP contribution in [0.3, 0.4) is 0 Å². The molecule has 3 aromatic heterocycles. The van der Waals surface area contributed by atoms with Gasteiger partial charge in [0.1, 0.15) is 16.8 Å². The number of rotatable bonds is 3. The molecule has 8 rings (SSSR count). The molecule has 0 aliphatic heterocycles. The van der Waals surface area contributed by atoms with Gasteiger partial charge < -0.3 is 8.98 Å². The molecule has 178 valence electrons. The van der Waals surface area contributed by atoms with Gasteiger partial charge in [0.15, 0.2) is 11.4 Å². The minimum atomic E-state index is 0.684. The summed E-state index contributed by atoms with van der Waals surface area (Å²) in [4.78, 5) is 10.1. The van der Waals surface area contributed by atoms with Gasteiger partial charge in [0, 0.05) is 33.0 Å². The Labute approximate surface area is 218 Å². The maximum atomic E-state index is 6.57. The van der Waals surface area contributed by atoms with Crippen LogP contribution in [0, 0.1) is 0 Å². The standard InChI is InChI=1S/C34H21N3O/c1-4-12-22(13-5-1)31-33-32(36-34(35-31)23-14-6-2-7-15-23)27-20-29-26(21-30(27)38-33)25-18-10-11-19-28(25)37(29)24-16-8-3-9-17-24/h1-21H. The van der Waals surface area contributed by atoms with Crippen LogP contribution in [0.2, 0.25) is 0 Å². The Balaban J connectivity index is 1.51. The summed E-state index contributed by atoms with van der Waals surface area (Å²) in [5.41, 5.74) is 8.50. The molecule has 0 aliphatic carbocycles. The number of fused-ring (bicyclic) bond motifs is 6. The molecule has 0 amide bonds. The van der Waals surface area contributed by atoms with Crippen LogP contribution in [-0.4, -0.2) is 14.5 Å². The van der Waals surface area contributed by atoms with Crippen LogP contribution < -0.4 is 0 Å². The second-order valence-corrected chi connectivity index (χ2v) is 9.46. The van der Waals surface area contributed by atoms with Gasteiger partial charge in [-0.25, -0.2) is 9.97 Å². The summed E-state index contributed by atoms with van der Waals surface area (Å²) < 4.78 is 8.89. The highest BCUT2D eigenvalue weighted by Crippen LogP contribution is 2.40. The fourth-order valence-electron chi connectivity index (χ4n) is 5.47. The molecule has 0 unspecified atom stereocenters. The lowest BCUT2D eigenvalue weighted by atomic mass is 10.1. The lowest BCUT2D eigenvalue weighted by molar-refractivity contribution is 0.668. The van der Waals surface area contributed by atoms with E-state index in [1.807, 2.05) is 54.6 Å². The first-order chi connectivity index (χ1) is 18.8. The van der Waals surface area contributed by atoms with Crippen molar-refractivity contribution in [3.8, 4) is 28.3 Å². The van der Waals surface area contributed by atoms with Gasteiger partial charge >= 0.3 is 0 Å². The second-order valence-electron chi connectivity index (χ2n) is 9.46. The normalized spacial score (nSPS) is 11.7. The molecule has 0 saturated heterocycles. The van der Waals surface area contributed by atoms with Crippen molar-refractivity contribution in [3.05, 3.63) is 127 Å². The molecule has 0 N–H and O–H groups in total. The molecule has 0 atom stereocenters. The molecule has 3 heterocycles. The van der Waals surface area contributed by atoms with E-state index in [1.165, 1.54) is 5.39 Å². The third kappa shape index (κ3) is 3.10. The van der Waals surface area contributed by atoms with Crippen molar-refractivity contribution in [2.75, 3.05) is 0 Å². The molecule has 0 fully saturated rings. The van der Waals surface area contributed by atoms with Gasteiger partial charge in [-0.15, -0.1) is 0 Å². The smallest absolute Gasteiger partial charge is 0.180 e. The Morgan fingerprint density at radius 1 is 0.526 bits per heavy atom. The molecule has 0 aliphatic rings. The van der Waals surface area contributed by atoms with Crippen molar-refractivity contribution < 1.29 is 4.42 Å². The zero-order valence-electron chi connectivity index (χ0n) is 20.4. The van der Waals surface area contributed by atoms with Gasteiger partial charge in [0.05, 0.1) is 11.0 Å². The maximum absolute atomic E-state index is 6.57. The molecule has 0 bridgehead atoms. The first-order valence-corrected chi connectivity index (χ1v) is 12.7. The predicted molar refractivity (Wildman–Crippen MR) is 155 cm³/mol. The average Bonchev–Trinajstić information content (AvgIpc) is 3.52. The van der Waals surface area contributed by atoms with Gasteiger partial charge in [0.25, 0.3) is 0 Å². The Morgan fingerprint density at radius 3 is 1.95 bits per heavy atom. The highest BCUT2D eigenvalue weighted by molar-refractivity contribution is 6.17. The highest BCUT2D eigenvalue weighted by atomic mass is 16.3. The Bertz CT molecular complexity index is 2110. The summed E-state index contributed by atoms with van der Waals surface area (Å²) in [6, 6.07) is 43.7. The largest absolute Gasteiger partial charge is 0.452 e. The van der Waals surface area contributed by atoms with Gasteiger partial charge in [-0.1, -0.05) is 97.1 Å². The summed E-state index contributed by atoms with van der Waals surface area (Å²) in [6.45, 7) is 0. The number of hydrogen-bond acceptors (Lipinski definition) is 3. The third-order valence-electron chi connectivity index (χ3n) is 7.20. The molecular formula is C34H21N3O. The molecule has 4 nitrogen and oxygen atoms in total.